The van der Waals surface area contributed by atoms with E-state index in [4.69, 9.17) is 12.2 Å². The number of carbonyl (C=O) groups excluding carboxylic acids is 2. The molecule has 1 aromatic heterocycles. The molecule has 0 radical (unpaired) electrons. The van der Waals surface area contributed by atoms with Gasteiger partial charge in [-0.05, 0) is 109 Å². The molecule has 1 fully saturated rings. The molecule has 0 bridgehead atoms. The maximum Gasteiger partial charge on any atom is 0.270 e. The van der Waals surface area contributed by atoms with Crippen LogP contribution >= 0.6 is 34.8 Å². The molecular formula is C24H20IN3O2S. The van der Waals surface area contributed by atoms with Crippen LogP contribution in [0.25, 0.3) is 11.8 Å². The lowest BCUT2D eigenvalue weighted by Gasteiger charge is -2.28. The highest BCUT2D eigenvalue weighted by Crippen LogP contribution is 2.27. The van der Waals surface area contributed by atoms with Crippen molar-refractivity contribution in [2.45, 2.75) is 20.8 Å². The number of benzene rings is 2. The predicted octanol–water partition coefficient (Wildman–Crippen LogP) is 4.84. The summed E-state index contributed by atoms with van der Waals surface area (Å²) in [5, 5.41) is 2.72. The van der Waals surface area contributed by atoms with E-state index in [1.165, 1.54) is 14.0 Å². The van der Waals surface area contributed by atoms with Gasteiger partial charge in [0.15, 0.2) is 5.11 Å². The molecular weight excluding hydrogens is 521 g/mol. The van der Waals surface area contributed by atoms with Crippen molar-refractivity contribution in [1.82, 2.24) is 9.88 Å². The number of hydrogen-bond acceptors (Lipinski definition) is 3. The van der Waals surface area contributed by atoms with Gasteiger partial charge in [-0.1, -0.05) is 18.2 Å². The van der Waals surface area contributed by atoms with Crippen LogP contribution in [0.2, 0.25) is 0 Å². The molecule has 4 rings (SSSR count). The molecule has 156 valence electrons. The molecule has 0 unspecified atom stereocenters. The monoisotopic (exact) mass is 541 g/mol. The van der Waals surface area contributed by atoms with Crippen LogP contribution < -0.4 is 10.2 Å². The number of para-hydroxylation sites is 1. The summed E-state index contributed by atoms with van der Waals surface area (Å²) in [4.78, 5) is 27.2. The van der Waals surface area contributed by atoms with E-state index >= 15 is 0 Å². The number of thiocarbonyl (C=S) groups is 1. The molecule has 31 heavy (non-hydrogen) atoms. The van der Waals surface area contributed by atoms with Gasteiger partial charge in [0, 0.05) is 20.6 Å². The fourth-order valence-corrected chi connectivity index (χ4v) is 4.34. The van der Waals surface area contributed by atoms with Crippen molar-refractivity contribution in [3.05, 3.63) is 86.3 Å². The third kappa shape index (κ3) is 3.95. The number of amides is 2. The van der Waals surface area contributed by atoms with Gasteiger partial charge in [0.2, 0.25) is 0 Å². The summed E-state index contributed by atoms with van der Waals surface area (Å²) >= 11 is 7.58. The number of aryl methyl sites for hydroxylation is 2. The summed E-state index contributed by atoms with van der Waals surface area (Å²) in [7, 11) is 0. The average Bonchev–Trinajstić information content (AvgIpc) is 3.01. The smallest absolute Gasteiger partial charge is 0.270 e. The van der Waals surface area contributed by atoms with Crippen molar-refractivity contribution in [1.29, 1.82) is 0 Å². The largest absolute Gasteiger partial charge is 0.318 e. The lowest BCUT2D eigenvalue weighted by atomic mass is 10.1. The van der Waals surface area contributed by atoms with Gasteiger partial charge in [0.25, 0.3) is 11.8 Å². The average molecular weight is 541 g/mol. The van der Waals surface area contributed by atoms with Crippen LogP contribution in [0.1, 0.15) is 22.5 Å². The van der Waals surface area contributed by atoms with Gasteiger partial charge in [-0.15, -0.1) is 0 Å². The molecule has 1 aliphatic heterocycles. The number of anilines is 1. The Morgan fingerprint density at radius 3 is 2.35 bits per heavy atom. The zero-order chi connectivity index (χ0) is 22.3. The molecule has 2 amide bonds. The normalized spacial score (nSPS) is 15.5. The van der Waals surface area contributed by atoms with Gasteiger partial charge in [-0.2, -0.15) is 0 Å². The van der Waals surface area contributed by atoms with Crippen LogP contribution in [0, 0.1) is 24.3 Å². The highest BCUT2D eigenvalue weighted by Gasteiger charge is 2.34. The first kappa shape index (κ1) is 21.5. The summed E-state index contributed by atoms with van der Waals surface area (Å²) < 4.78 is 3.33. The Balaban J connectivity index is 1.77. The van der Waals surface area contributed by atoms with Crippen LogP contribution in [0.4, 0.5) is 5.69 Å². The summed E-state index contributed by atoms with van der Waals surface area (Å²) in [5.74, 6) is -0.924. The van der Waals surface area contributed by atoms with Crippen LogP contribution in [0.3, 0.4) is 0 Å². The summed E-state index contributed by atoms with van der Waals surface area (Å²) in [6.07, 6.45) is 1.65. The molecule has 2 aromatic carbocycles. The second-order valence-electron chi connectivity index (χ2n) is 7.39. The summed E-state index contributed by atoms with van der Waals surface area (Å²) in [6.45, 7) is 6.07. The molecule has 0 aliphatic carbocycles. The van der Waals surface area contributed by atoms with Gasteiger partial charge < -0.3 is 4.57 Å². The highest BCUT2D eigenvalue weighted by molar-refractivity contribution is 14.1. The van der Waals surface area contributed by atoms with E-state index in [2.05, 4.69) is 57.6 Å². The quantitative estimate of drug-likeness (QED) is 0.224. The standard InChI is InChI=1S/C24H20IN3O2S/c1-14-11-19(9-10-21(14)25)27-15(2)12-17(16(27)3)13-20-22(29)26-24(31)28(23(20)30)18-7-5-4-6-8-18/h4-13H,1-3H3,(H,26,29,31)/b20-13-. The van der Waals surface area contributed by atoms with Crippen molar-refractivity contribution in [3.63, 3.8) is 0 Å². The third-order valence-electron chi connectivity index (χ3n) is 5.29. The second-order valence-corrected chi connectivity index (χ2v) is 8.94. The number of nitrogens with one attached hydrogen (secondary N) is 1. The maximum atomic E-state index is 13.2. The van der Waals surface area contributed by atoms with E-state index in [0.717, 1.165) is 22.6 Å². The van der Waals surface area contributed by atoms with Crippen LogP contribution in [0.15, 0.2) is 60.2 Å². The topological polar surface area (TPSA) is 54.3 Å². The number of carbonyl (C=O) groups is 2. The van der Waals surface area contributed by atoms with Gasteiger partial charge in [-0.3, -0.25) is 19.8 Å². The Kier molecular flexibility index (Phi) is 5.81. The minimum Gasteiger partial charge on any atom is -0.318 e. The number of rotatable bonds is 3. The lowest BCUT2D eigenvalue weighted by Crippen LogP contribution is -2.54. The molecule has 3 aromatic rings. The highest BCUT2D eigenvalue weighted by atomic mass is 127. The predicted molar refractivity (Wildman–Crippen MR) is 135 cm³/mol. The number of halogens is 1. The van der Waals surface area contributed by atoms with E-state index in [-0.39, 0.29) is 10.7 Å². The van der Waals surface area contributed by atoms with E-state index in [1.807, 2.05) is 38.1 Å². The second kappa shape index (κ2) is 8.39. The first-order valence-corrected chi connectivity index (χ1v) is 11.2. The van der Waals surface area contributed by atoms with Crippen LogP contribution in [0.5, 0.6) is 0 Å². The molecule has 1 N–H and O–H groups in total. The molecule has 0 spiro atoms. The minimum absolute atomic E-state index is 0.0523. The van der Waals surface area contributed by atoms with Gasteiger partial charge >= 0.3 is 0 Å². The van der Waals surface area contributed by atoms with Crippen LogP contribution in [-0.4, -0.2) is 21.5 Å². The van der Waals surface area contributed by atoms with E-state index in [0.29, 0.717) is 5.69 Å². The Labute approximate surface area is 199 Å². The summed E-state index contributed by atoms with van der Waals surface area (Å²) in [5.41, 5.74) is 5.69. The maximum absolute atomic E-state index is 13.2. The zero-order valence-electron chi connectivity index (χ0n) is 17.3. The van der Waals surface area contributed by atoms with Crippen molar-refractivity contribution in [2.75, 3.05) is 4.90 Å². The Morgan fingerprint density at radius 1 is 0.968 bits per heavy atom. The van der Waals surface area contributed by atoms with E-state index in [9.17, 15) is 9.59 Å². The fourth-order valence-electron chi connectivity index (χ4n) is 3.72. The Morgan fingerprint density at radius 2 is 1.68 bits per heavy atom. The SMILES string of the molecule is Cc1cc(-n2c(C)cc(/C=C3/C(=O)NC(=S)N(c4ccccc4)C3=O)c2C)ccc1I. The molecule has 1 aliphatic rings. The number of nitrogens with zero attached hydrogens (tertiary/aromatic N) is 2. The number of aromatic nitrogens is 1. The Hall–Kier alpha value is -2.78. The van der Waals surface area contributed by atoms with Gasteiger partial charge in [0.1, 0.15) is 5.57 Å². The van der Waals surface area contributed by atoms with Crippen molar-refractivity contribution in [2.24, 2.45) is 0 Å². The van der Waals surface area contributed by atoms with Crippen molar-refractivity contribution < 1.29 is 9.59 Å². The molecule has 0 atom stereocenters. The molecule has 5 nitrogen and oxygen atoms in total. The molecule has 1 saturated heterocycles. The van der Waals surface area contributed by atoms with Crippen LogP contribution in [-0.2, 0) is 9.59 Å². The van der Waals surface area contributed by atoms with E-state index in [1.54, 1.807) is 18.2 Å². The number of hydrogen-bond donors (Lipinski definition) is 1. The lowest BCUT2D eigenvalue weighted by molar-refractivity contribution is -0.122. The minimum atomic E-state index is -0.489. The van der Waals surface area contributed by atoms with Gasteiger partial charge in [-0.25, -0.2) is 0 Å². The van der Waals surface area contributed by atoms with E-state index < -0.39 is 11.8 Å². The molecule has 2 heterocycles. The fraction of sp³-hybridized carbons (Fsp3) is 0.125. The third-order valence-corrected chi connectivity index (χ3v) is 6.78. The first-order valence-electron chi connectivity index (χ1n) is 9.70. The first-order chi connectivity index (χ1) is 14.8. The molecule has 0 saturated carbocycles. The van der Waals surface area contributed by atoms with Gasteiger partial charge in [0.05, 0.1) is 5.69 Å². The van der Waals surface area contributed by atoms with Crippen molar-refractivity contribution in [3.8, 4) is 5.69 Å². The zero-order valence-corrected chi connectivity index (χ0v) is 20.2. The van der Waals surface area contributed by atoms with Crippen molar-refractivity contribution >= 4 is 63.5 Å². The molecule has 7 heteroatoms. The summed E-state index contributed by atoms with van der Waals surface area (Å²) in [6, 6.07) is 17.3. The Bertz CT molecular complexity index is 1260.